The number of para-hydroxylation sites is 1. The van der Waals surface area contributed by atoms with Crippen LogP contribution in [0.3, 0.4) is 0 Å². The second-order valence-electron chi connectivity index (χ2n) is 4.81. The molecule has 0 spiro atoms. The van der Waals surface area contributed by atoms with Crippen LogP contribution in [0.1, 0.15) is 20.7 Å². The molecule has 0 fully saturated rings. The van der Waals surface area contributed by atoms with Crippen molar-refractivity contribution in [3.8, 4) is 0 Å². The number of pyridine rings is 1. The maximum absolute atomic E-state index is 12.2. The molecule has 0 aliphatic rings. The predicted molar refractivity (Wildman–Crippen MR) is 84.7 cm³/mol. The number of carbonyl (C=O) groups excluding carboxylic acids is 2. The Morgan fingerprint density at radius 2 is 1.68 bits per heavy atom. The van der Waals surface area contributed by atoms with Crippen molar-refractivity contribution in [3.05, 3.63) is 71.9 Å². The van der Waals surface area contributed by atoms with E-state index in [-0.39, 0.29) is 5.91 Å². The predicted octanol–water partition coefficient (Wildman–Crippen LogP) is 2.59. The molecular formula is C17H13N3O2. The van der Waals surface area contributed by atoms with Crippen LogP contribution >= 0.6 is 0 Å². The van der Waals surface area contributed by atoms with Crippen molar-refractivity contribution in [1.29, 1.82) is 0 Å². The van der Waals surface area contributed by atoms with Gasteiger partial charge in [-0.25, -0.2) is 0 Å². The van der Waals surface area contributed by atoms with E-state index < -0.39 is 5.91 Å². The Morgan fingerprint density at radius 3 is 2.41 bits per heavy atom. The zero-order valence-corrected chi connectivity index (χ0v) is 11.6. The van der Waals surface area contributed by atoms with E-state index in [0.717, 1.165) is 10.9 Å². The number of amides is 2. The van der Waals surface area contributed by atoms with Crippen molar-refractivity contribution in [2.24, 2.45) is 5.73 Å². The van der Waals surface area contributed by atoms with Crippen molar-refractivity contribution in [2.75, 3.05) is 5.32 Å². The fourth-order valence-corrected chi connectivity index (χ4v) is 2.12. The average Bonchev–Trinajstić information content (AvgIpc) is 2.55. The fourth-order valence-electron chi connectivity index (χ4n) is 2.12. The normalized spacial score (nSPS) is 10.4. The van der Waals surface area contributed by atoms with E-state index in [2.05, 4.69) is 10.3 Å². The van der Waals surface area contributed by atoms with Crippen LogP contribution in [0.5, 0.6) is 0 Å². The molecule has 0 radical (unpaired) electrons. The highest BCUT2D eigenvalue weighted by molar-refractivity contribution is 6.06. The van der Waals surface area contributed by atoms with Gasteiger partial charge in [0.05, 0.1) is 11.1 Å². The lowest BCUT2D eigenvalue weighted by Crippen LogP contribution is -2.13. The van der Waals surface area contributed by atoms with E-state index in [1.54, 1.807) is 30.3 Å². The molecule has 0 bridgehead atoms. The molecular weight excluding hydrogens is 278 g/mol. The number of nitrogens with one attached hydrogen (secondary N) is 1. The van der Waals surface area contributed by atoms with Crippen molar-refractivity contribution in [3.63, 3.8) is 0 Å². The van der Waals surface area contributed by atoms with Gasteiger partial charge in [-0.1, -0.05) is 18.2 Å². The van der Waals surface area contributed by atoms with E-state index in [1.807, 2.05) is 24.3 Å². The van der Waals surface area contributed by atoms with Crippen LogP contribution in [0.15, 0.2) is 60.8 Å². The highest BCUT2D eigenvalue weighted by Gasteiger charge is 2.08. The summed E-state index contributed by atoms with van der Waals surface area (Å²) in [6, 6.07) is 15.8. The van der Waals surface area contributed by atoms with Crippen molar-refractivity contribution in [2.45, 2.75) is 0 Å². The molecule has 0 saturated carbocycles. The molecule has 3 aromatic rings. The summed E-state index contributed by atoms with van der Waals surface area (Å²) in [5.74, 6) is -0.762. The number of nitrogens with two attached hydrogens (primary N) is 1. The summed E-state index contributed by atoms with van der Waals surface area (Å²) in [4.78, 5) is 27.5. The van der Waals surface area contributed by atoms with Crippen LogP contribution in [0.2, 0.25) is 0 Å². The molecule has 0 saturated heterocycles. The van der Waals surface area contributed by atoms with E-state index in [9.17, 15) is 9.59 Å². The molecule has 3 rings (SSSR count). The largest absolute Gasteiger partial charge is 0.366 e. The van der Waals surface area contributed by atoms with E-state index in [4.69, 9.17) is 5.73 Å². The smallest absolute Gasteiger partial charge is 0.257 e. The van der Waals surface area contributed by atoms with Gasteiger partial charge in [-0.05, 0) is 36.4 Å². The number of nitrogens with zero attached hydrogens (tertiary/aromatic N) is 1. The molecule has 0 aliphatic carbocycles. The van der Waals surface area contributed by atoms with Gasteiger partial charge in [0, 0.05) is 22.8 Å². The minimum absolute atomic E-state index is 0.259. The maximum Gasteiger partial charge on any atom is 0.257 e. The second-order valence-corrected chi connectivity index (χ2v) is 4.81. The first-order valence-electron chi connectivity index (χ1n) is 6.69. The van der Waals surface area contributed by atoms with Crippen molar-refractivity contribution in [1.82, 2.24) is 4.98 Å². The molecule has 0 aliphatic heterocycles. The van der Waals surface area contributed by atoms with Crippen molar-refractivity contribution < 1.29 is 9.59 Å². The quantitative estimate of drug-likeness (QED) is 0.777. The standard InChI is InChI=1S/C17H13N3O2/c18-16(21)11-5-7-14(8-6-11)20-17(22)13-9-12-3-1-2-4-15(12)19-10-13/h1-10H,(H2,18,21)(H,20,22). The third-order valence-corrected chi connectivity index (χ3v) is 3.28. The van der Waals surface area contributed by atoms with Crippen LogP contribution in [-0.4, -0.2) is 16.8 Å². The molecule has 108 valence electrons. The zero-order chi connectivity index (χ0) is 15.5. The highest BCUT2D eigenvalue weighted by atomic mass is 16.2. The van der Waals surface area contributed by atoms with Gasteiger partial charge in [0.15, 0.2) is 0 Å². The summed E-state index contributed by atoms with van der Waals surface area (Å²) >= 11 is 0. The number of hydrogen-bond acceptors (Lipinski definition) is 3. The summed E-state index contributed by atoms with van der Waals surface area (Å²) < 4.78 is 0. The number of rotatable bonds is 3. The van der Waals surface area contributed by atoms with E-state index >= 15 is 0 Å². The number of hydrogen-bond donors (Lipinski definition) is 2. The summed E-state index contributed by atoms with van der Waals surface area (Å²) in [5, 5.41) is 3.66. The van der Waals surface area contributed by atoms with Crippen LogP contribution < -0.4 is 11.1 Å². The van der Waals surface area contributed by atoms with E-state index in [1.165, 1.54) is 6.20 Å². The van der Waals surface area contributed by atoms with Crippen molar-refractivity contribution >= 4 is 28.4 Å². The molecule has 2 amide bonds. The van der Waals surface area contributed by atoms with Gasteiger partial charge in [-0.2, -0.15) is 0 Å². The molecule has 0 unspecified atom stereocenters. The Bertz CT molecular complexity index is 857. The zero-order valence-electron chi connectivity index (χ0n) is 11.6. The lowest BCUT2D eigenvalue weighted by Gasteiger charge is -2.06. The topological polar surface area (TPSA) is 85.1 Å². The number of primary amides is 1. The number of aromatic nitrogens is 1. The highest BCUT2D eigenvalue weighted by Crippen LogP contribution is 2.15. The summed E-state index contributed by atoms with van der Waals surface area (Å²) in [5.41, 5.74) is 7.46. The molecule has 1 aromatic heterocycles. The average molecular weight is 291 g/mol. The fraction of sp³-hybridized carbons (Fsp3) is 0. The van der Waals surface area contributed by atoms with Gasteiger partial charge < -0.3 is 11.1 Å². The molecule has 2 aromatic carbocycles. The van der Waals surface area contributed by atoms with Gasteiger partial charge in [0.25, 0.3) is 5.91 Å². The first-order valence-corrected chi connectivity index (χ1v) is 6.69. The monoisotopic (exact) mass is 291 g/mol. The van der Waals surface area contributed by atoms with Crippen LogP contribution in [0.4, 0.5) is 5.69 Å². The van der Waals surface area contributed by atoms with E-state index in [0.29, 0.717) is 16.8 Å². The first kappa shape index (κ1) is 13.8. The third kappa shape index (κ3) is 2.78. The molecule has 0 atom stereocenters. The summed E-state index contributed by atoms with van der Waals surface area (Å²) in [7, 11) is 0. The summed E-state index contributed by atoms with van der Waals surface area (Å²) in [6.45, 7) is 0. The van der Waals surface area contributed by atoms with Crippen LogP contribution in [-0.2, 0) is 0 Å². The second kappa shape index (κ2) is 5.65. The minimum Gasteiger partial charge on any atom is -0.366 e. The molecule has 1 heterocycles. The molecule has 3 N–H and O–H groups in total. The molecule has 5 heteroatoms. The Balaban J connectivity index is 1.81. The Hall–Kier alpha value is -3.21. The van der Waals surface area contributed by atoms with Gasteiger partial charge in [-0.3, -0.25) is 14.6 Å². The Kier molecular flexibility index (Phi) is 3.53. The molecule has 22 heavy (non-hydrogen) atoms. The molecule has 5 nitrogen and oxygen atoms in total. The SMILES string of the molecule is NC(=O)c1ccc(NC(=O)c2cnc3ccccc3c2)cc1. The number of benzene rings is 2. The van der Waals surface area contributed by atoms with Gasteiger partial charge >= 0.3 is 0 Å². The maximum atomic E-state index is 12.2. The van der Waals surface area contributed by atoms with Gasteiger partial charge in [0.2, 0.25) is 5.91 Å². The van der Waals surface area contributed by atoms with Crippen LogP contribution in [0.25, 0.3) is 10.9 Å². The van der Waals surface area contributed by atoms with Gasteiger partial charge in [-0.15, -0.1) is 0 Å². The lowest BCUT2D eigenvalue weighted by molar-refractivity contribution is 0.0998. The first-order chi connectivity index (χ1) is 10.6. The minimum atomic E-state index is -0.503. The summed E-state index contributed by atoms with van der Waals surface area (Å²) in [6.07, 6.45) is 1.54. The number of anilines is 1. The Labute approximate surface area is 126 Å². The van der Waals surface area contributed by atoms with Gasteiger partial charge in [0.1, 0.15) is 0 Å². The number of fused-ring (bicyclic) bond motifs is 1. The number of carbonyl (C=O) groups is 2. The lowest BCUT2D eigenvalue weighted by atomic mass is 10.1. The Morgan fingerprint density at radius 1 is 0.955 bits per heavy atom. The third-order valence-electron chi connectivity index (χ3n) is 3.28. The van der Waals surface area contributed by atoms with Crippen LogP contribution in [0, 0.1) is 0 Å².